The topological polar surface area (TPSA) is 77.0 Å². The number of carbonyl (C=O) groups excluding carboxylic acids is 1. The number of rotatable bonds is 3. The van der Waals surface area contributed by atoms with E-state index in [4.69, 9.17) is 5.73 Å². The van der Waals surface area contributed by atoms with Gasteiger partial charge >= 0.3 is 0 Å². The van der Waals surface area contributed by atoms with Gasteiger partial charge in [-0.15, -0.1) is 10.2 Å². The van der Waals surface area contributed by atoms with Crippen molar-refractivity contribution in [1.82, 2.24) is 19.7 Å². The molecule has 0 aromatic carbocycles. The van der Waals surface area contributed by atoms with E-state index in [9.17, 15) is 4.79 Å². The highest BCUT2D eigenvalue weighted by Crippen LogP contribution is 2.25. The van der Waals surface area contributed by atoms with E-state index in [1.807, 2.05) is 16.5 Å². The van der Waals surface area contributed by atoms with Crippen molar-refractivity contribution in [2.24, 2.45) is 12.8 Å². The first-order valence-corrected chi connectivity index (χ1v) is 6.04. The Balaban J connectivity index is 2.02. The fraction of sp³-hybridized carbons (Fsp3) is 0.727. The van der Waals surface area contributed by atoms with Gasteiger partial charge in [0.2, 0.25) is 5.91 Å². The molecule has 1 aromatic heterocycles. The van der Waals surface area contributed by atoms with E-state index in [1.165, 1.54) is 0 Å². The van der Waals surface area contributed by atoms with Gasteiger partial charge in [0, 0.05) is 39.0 Å². The average Bonchev–Trinajstić information content (AvgIpc) is 2.76. The van der Waals surface area contributed by atoms with Crippen LogP contribution in [0.4, 0.5) is 0 Å². The smallest absolute Gasteiger partial charge is 0.223 e. The fourth-order valence-corrected chi connectivity index (χ4v) is 2.36. The molecule has 1 fully saturated rings. The van der Waals surface area contributed by atoms with Crippen molar-refractivity contribution < 1.29 is 4.79 Å². The van der Waals surface area contributed by atoms with E-state index in [1.54, 1.807) is 6.33 Å². The van der Waals surface area contributed by atoms with Crippen molar-refractivity contribution in [3.05, 3.63) is 12.2 Å². The number of hydrogen-bond donors (Lipinski definition) is 1. The summed E-state index contributed by atoms with van der Waals surface area (Å²) in [4.78, 5) is 13.7. The molecule has 6 heteroatoms. The quantitative estimate of drug-likeness (QED) is 0.794. The minimum Gasteiger partial charge on any atom is -0.342 e. The van der Waals surface area contributed by atoms with E-state index in [-0.39, 0.29) is 5.91 Å². The highest BCUT2D eigenvalue weighted by atomic mass is 16.2. The predicted octanol–water partition coefficient (Wildman–Crippen LogP) is -0.130. The van der Waals surface area contributed by atoms with Crippen LogP contribution >= 0.6 is 0 Å². The Kier molecular flexibility index (Phi) is 3.73. The van der Waals surface area contributed by atoms with Crippen LogP contribution in [0.1, 0.15) is 31.0 Å². The second kappa shape index (κ2) is 5.27. The van der Waals surface area contributed by atoms with Crippen LogP contribution in [0.2, 0.25) is 0 Å². The van der Waals surface area contributed by atoms with Crippen LogP contribution in [-0.4, -0.2) is 45.2 Å². The number of carbonyl (C=O) groups is 1. The molecular weight excluding hydrogens is 218 g/mol. The monoisotopic (exact) mass is 237 g/mol. The molecular formula is C11H19N5O. The highest BCUT2D eigenvalue weighted by Gasteiger charge is 2.26. The van der Waals surface area contributed by atoms with Crippen LogP contribution in [0.25, 0.3) is 0 Å². The molecule has 94 valence electrons. The molecule has 1 amide bonds. The molecule has 1 aliphatic rings. The second-order valence-electron chi connectivity index (χ2n) is 4.52. The molecule has 0 aliphatic carbocycles. The Labute approximate surface area is 101 Å². The molecule has 0 spiro atoms. The van der Waals surface area contributed by atoms with E-state index in [2.05, 4.69) is 10.2 Å². The standard InChI is InChI=1S/C11H19N5O/c1-15-8-13-14-11(15)9-3-2-6-16(7-9)10(17)4-5-12/h8-9H,2-7,12H2,1H3. The van der Waals surface area contributed by atoms with Gasteiger partial charge in [0.1, 0.15) is 12.2 Å². The van der Waals surface area contributed by atoms with Crippen LogP contribution in [0.5, 0.6) is 0 Å². The van der Waals surface area contributed by atoms with Crippen molar-refractivity contribution in [2.45, 2.75) is 25.2 Å². The maximum absolute atomic E-state index is 11.8. The molecule has 0 saturated carbocycles. The van der Waals surface area contributed by atoms with Crippen molar-refractivity contribution in [3.8, 4) is 0 Å². The Morgan fingerprint density at radius 1 is 1.65 bits per heavy atom. The summed E-state index contributed by atoms with van der Waals surface area (Å²) in [7, 11) is 1.94. The Morgan fingerprint density at radius 3 is 3.12 bits per heavy atom. The summed E-state index contributed by atoms with van der Waals surface area (Å²) in [5, 5.41) is 8.02. The Hall–Kier alpha value is -1.43. The molecule has 1 saturated heterocycles. The van der Waals surface area contributed by atoms with Crippen LogP contribution in [-0.2, 0) is 11.8 Å². The summed E-state index contributed by atoms with van der Waals surface area (Å²) in [5.41, 5.74) is 5.42. The van der Waals surface area contributed by atoms with E-state index in [0.29, 0.717) is 18.9 Å². The first-order chi connectivity index (χ1) is 8.22. The third-order valence-corrected chi connectivity index (χ3v) is 3.24. The molecule has 1 unspecified atom stereocenters. The third kappa shape index (κ3) is 2.63. The lowest BCUT2D eigenvalue weighted by Crippen LogP contribution is -2.40. The van der Waals surface area contributed by atoms with Gasteiger partial charge < -0.3 is 15.2 Å². The van der Waals surface area contributed by atoms with Gasteiger partial charge in [0.15, 0.2) is 0 Å². The molecule has 17 heavy (non-hydrogen) atoms. The summed E-state index contributed by atoms with van der Waals surface area (Å²) >= 11 is 0. The Bertz CT molecular complexity index is 389. The van der Waals surface area contributed by atoms with E-state index >= 15 is 0 Å². The van der Waals surface area contributed by atoms with Gasteiger partial charge in [-0.2, -0.15) is 0 Å². The highest BCUT2D eigenvalue weighted by molar-refractivity contribution is 5.76. The minimum atomic E-state index is 0.152. The molecule has 1 aliphatic heterocycles. The van der Waals surface area contributed by atoms with Crippen molar-refractivity contribution in [1.29, 1.82) is 0 Å². The molecule has 2 heterocycles. The zero-order valence-corrected chi connectivity index (χ0v) is 10.2. The third-order valence-electron chi connectivity index (χ3n) is 3.24. The SMILES string of the molecule is Cn1cnnc1C1CCCN(C(=O)CCN)C1. The van der Waals surface area contributed by atoms with Crippen molar-refractivity contribution >= 4 is 5.91 Å². The number of aromatic nitrogens is 3. The molecule has 6 nitrogen and oxygen atoms in total. The van der Waals surface area contributed by atoms with Gasteiger partial charge in [-0.3, -0.25) is 4.79 Å². The van der Waals surface area contributed by atoms with Gasteiger partial charge in [-0.05, 0) is 12.8 Å². The molecule has 0 radical (unpaired) electrons. The van der Waals surface area contributed by atoms with Crippen LogP contribution in [0.15, 0.2) is 6.33 Å². The normalized spacial score (nSPS) is 20.6. The van der Waals surface area contributed by atoms with Crippen molar-refractivity contribution in [2.75, 3.05) is 19.6 Å². The lowest BCUT2D eigenvalue weighted by atomic mass is 9.97. The van der Waals surface area contributed by atoms with Gasteiger partial charge in [0.25, 0.3) is 0 Å². The number of amides is 1. The van der Waals surface area contributed by atoms with Crippen molar-refractivity contribution in [3.63, 3.8) is 0 Å². The van der Waals surface area contributed by atoms with Crippen LogP contribution in [0, 0.1) is 0 Å². The number of aryl methyl sites for hydroxylation is 1. The second-order valence-corrected chi connectivity index (χ2v) is 4.52. The summed E-state index contributed by atoms with van der Waals surface area (Å²) in [6, 6.07) is 0. The van der Waals surface area contributed by atoms with Gasteiger partial charge in [-0.25, -0.2) is 0 Å². The van der Waals surface area contributed by atoms with E-state index < -0.39 is 0 Å². The number of likely N-dealkylation sites (tertiary alicyclic amines) is 1. The maximum atomic E-state index is 11.8. The number of nitrogens with two attached hydrogens (primary N) is 1. The molecule has 2 N–H and O–H groups in total. The van der Waals surface area contributed by atoms with Crippen LogP contribution < -0.4 is 5.73 Å². The number of nitrogens with zero attached hydrogens (tertiary/aromatic N) is 4. The van der Waals surface area contributed by atoms with Gasteiger partial charge in [0.05, 0.1) is 0 Å². The molecule has 2 rings (SSSR count). The lowest BCUT2D eigenvalue weighted by Gasteiger charge is -2.32. The summed E-state index contributed by atoms with van der Waals surface area (Å²) in [5.74, 6) is 1.42. The molecule has 1 atom stereocenters. The number of piperidine rings is 1. The Morgan fingerprint density at radius 2 is 2.47 bits per heavy atom. The van der Waals surface area contributed by atoms with Crippen LogP contribution in [0.3, 0.4) is 0 Å². The van der Waals surface area contributed by atoms with Gasteiger partial charge in [-0.1, -0.05) is 0 Å². The van der Waals surface area contributed by atoms with E-state index in [0.717, 1.165) is 31.8 Å². The maximum Gasteiger partial charge on any atom is 0.223 e. The molecule has 0 bridgehead atoms. The molecule has 1 aromatic rings. The summed E-state index contributed by atoms with van der Waals surface area (Å²) in [6.07, 6.45) is 4.23. The average molecular weight is 237 g/mol. The first-order valence-electron chi connectivity index (χ1n) is 6.04. The summed E-state index contributed by atoms with van der Waals surface area (Å²) in [6.45, 7) is 2.00. The fourth-order valence-electron chi connectivity index (χ4n) is 2.36. The summed E-state index contributed by atoms with van der Waals surface area (Å²) < 4.78 is 1.93. The predicted molar refractivity (Wildman–Crippen MR) is 63.2 cm³/mol. The largest absolute Gasteiger partial charge is 0.342 e. The zero-order chi connectivity index (χ0) is 12.3. The zero-order valence-electron chi connectivity index (χ0n) is 10.2. The lowest BCUT2D eigenvalue weighted by molar-refractivity contribution is -0.132. The number of hydrogen-bond acceptors (Lipinski definition) is 4. The minimum absolute atomic E-state index is 0.152. The first kappa shape index (κ1) is 12.0.